The van der Waals surface area contributed by atoms with Crippen LogP contribution in [0.1, 0.15) is 16.0 Å². The highest BCUT2D eigenvalue weighted by molar-refractivity contribution is 8.01. The number of pyridine rings is 1. The molecule has 35 heavy (non-hydrogen) atoms. The molecule has 4 rings (SSSR count). The van der Waals surface area contributed by atoms with Crippen molar-refractivity contribution in [1.29, 1.82) is 5.26 Å². The maximum absolute atomic E-state index is 13.8. The van der Waals surface area contributed by atoms with Gasteiger partial charge in [0.25, 0.3) is 0 Å². The van der Waals surface area contributed by atoms with Gasteiger partial charge in [-0.2, -0.15) is 5.26 Å². The molecule has 178 valence electrons. The first-order valence-electron chi connectivity index (χ1n) is 10.6. The molecule has 4 aromatic rings. The Hall–Kier alpha value is -3.32. The first-order chi connectivity index (χ1) is 17.0. The van der Waals surface area contributed by atoms with Crippen LogP contribution in [0.25, 0.3) is 10.9 Å². The van der Waals surface area contributed by atoms with Gasteiger partial charge in [-0.15, -0.1) is 11.3 Å². The van der Waals surface area contributed by atoms with E-state index in [1.54, 1.807) is 25.4 Å². The van der Waals surface area contributed by atoms with Crippen LogP contribution in [0.2, 0.25) is 0 Å². The lowest BCUT2D eigenvalue weighted by Crippen LogP contribution is -2.07. The number of fused-ring (bicyclic) bond motifs is 1. The second-order valence-corrected chi connectivity index (χ2v) is 10.1. The minimum absolute atomic E-state index is 0.0901. The Morgan fingerprint density at radius 2 is 1.97 bits per heavy atom. The lowest BCUT2D eigenvalue weighted by molar-refractivity contribution is -0.117. The van der Waals surface area contributed by atoms with Gasteiger partial charge in [0.2, 0.25) is 0 Å². The molecule has 5 nitrogen and oxygen atoms in total. The second-order valence-electron chi connectivity index (χ2n) is 7.58. The number of carbonyl (C=O) groups is 1. The summed E-state index contributed by atoms with van der Waals surface area (Å²) < 4.78 is 38.6. The number of nitrogens with zero attached hydrogens (tertiary/aromatic N) is 2. The van der Waals surface area contributed by atoms with Crippen molar-refractivity contribution in [2.24, 2.45) is 0 Å². The number of Topliss-reactive ketones (excluding diaryl/α,β-unsaturated/α-hetero) is 1. The van der Waals surface area contributed by atoms with Gasteiger partial charge in [-0.1, -0.05) is 17.8 Å². The molecule has 0 radical (unpaired) electrons. The van der Waals surface area contributed by atoms with Crippen molar-refractivity contribution < 1.29 is 23.0 Å². The van der Waals surface area contributed by atoms with Crippen molar-refractivity contribution in [2.75, 3.05) is 20.3 Å². The van der Waals surface area contributed by atoms with Crippen molar-refractivity contribution in [3.05, 3.63) is 82.4 Å². The summed E-state index contributed by atoms with van der Waals surface area (Å²) >= 11 is 2.99. The molecule has 0 aliphatic carbocycles. The predicted octanol–water partition coefficient (Wildman–Crippen LogP) is 5.98. The Kier molecular flexibility index (Phi) is 8.08. The monoisotopic (exact) mass is 510 g/mol. The SMILES string of the molecule is COCCOc1cc2nccc(Sc3ccc(CC(=O)Cc4ccc(F)cc4F)s3)c2cc1C#N. The number of hydrogen-bond acceptors (Lipinski definition) is 7. The Bertz CT molecular complexity index is 1420. The molecule has 0 unspecified atom stereocenters. The zero-order valence-corrected chi connectivity index (χ0v) is 20.3. The van der Waals surface area contributed by atoms with Gasteiger partial charge in [-0.3, -0.25) is 9.78 Å². The van der Waals surface area contributed by atoms with Crippen molar-refractivity contribution in [2.45, 2.75) is 21.9 Å². The number of carbonyl (C=O) groups excluding carboxylic acids is 1. The third-order valence-corrected chi connectivity index (χ3v) is 7.38. The molecule has 0 saturated heterocycles. The molecule has 0 N–H and O–H groups in total. The summed E-state index contributed by atoms with van der Waals surface area (Å²) in [5.41, 5.74) is 1.30. The van der Waals surface area contributed by atoms with E-state index in [9.17, 15) is 18.8 Å². The number of hydrogen-bond donors (Lipinski definition) is 0. The summed E-state index contributed by atoms with van der Waals surface area (Å²) in [7, 11) is 1.58. The Morgan fingerprint density at radius 3 is 2.74 bits per heavy atom. The lowest BCUT2D eigenvalue weighted by Gasteiger charge is -2.10. The third kappa shape index (κ3) is 6.22. The molecule has 0 bridgehead atoms. The molecule has 0 atom stereocenters. The summed E-state index contributed by atoms with van der Waals surface area (Å²) in [6, 6.07) is 14.6. The van der Waals surface area contributed by atoms with Gasteiger partial charge in [0, 0.05) is 53.4 Å². The van der Waals surface area contributed by atoms with Crippen molar-refractivity contribution in [3.8, 4) is 11.8 Å². The number of nitriles is 1. The molecule has 2 heterocycles. The van der Waals surface area contributed by atoms with Gasteiger partial charge in [-0.05, 0) is 35.9 Å². The highest BCUT2D eigenvalue weighted by Crippen LogP contribution is 2.38. The number of ketones is 1. The fourth-order valence-corrected chi connectivity index (χ4v) is 5.71. The van der Waals surface area contributed by atoms with E-state index in [0.717, 1.165) is 31.5 Å². The lowest BCUT2D eigenvalue weighted by atomic mass is 10.1. The number of methoxy groups -OCH3 is 1. The van der Waals surface area contributed by atoms with Crippen LogP contribution in [0.5, 0.6) is 5.75 Å². The number of rotatable bonds is 10. The van der Waals surface area contributed by atoms with E-state index in [1.807, 2.05) is 18.2 Å². The summed E-state index contributed by atoms with van der Waals surface area (Å²) in [5, 5.41) is 10.4. The molecule has 0 saturated carbocycles. The molecule has 2 aromatic heterocycles. The largest absolute Gasteiger partial charge is 0.490 e. The van der Waals surface area contributed by atoms with E-state index in [-0.39, 0.29) is 24.2 Å². The number of halogens is 2. The van der Waals surface area contributed by atoms with E-state index in [1.165, 1.54) is 29.2 Å². The minimum atomic E-state index is -0.714. The van der Waals surface area contributed by atoms with Crippen LogP contribution in [-0.4, -0.2) is 31.1 Å². The molecular weight excluding hydrogens is 490 g/mol. The summed E-state index contributed by atoms with van der Waals surface area (Å²) in [6.45, 7) is 0.740. The smallest absolute Gasteiger partial charge is 0.142 e. The van der Waals surface area contributed by atoms with E-state index >= 15 is 0 Å². The normalized spacial score (nSPS) is 10.9. The van der Waals surface area contributed by atoms with Crippen LogP contribution >= 0.6 is 23.1 Å². The second kappa shape index (κ2) is 11.4. The van der Waals surface area contributed by atoms with E-state index in [2.05, 4.69) is 11.1 Å². The van der Waals surface area contributed by atoms with Crippen molar-refractivity contribution in [3.63, 3.8) is 0 Å². The Labute approximate surface area is 209 Å². The van der Waals surface area contributed by atoms with Crippen LogP contribution in [-0.2, 0) is 22.4 Å². The summed E-state index contributed by atoms with van der Waals surface area (Å²) in [4.78, 5) is 18.6. The molecule has 0 amide bonds. The molecular formula is C26H20F2N2O3S2. The Balaban J connectivity index is 1.48. The maximum atomic E-state index is 13.8. The number of aromatic nitrogens is 1. The summed E-state index contributed by atoms with van der Waals surface area (Å²) in [6.07, 6.45) is 1.78. The van der Waals surface area contributed by atoms with Crippen LogP contribution < -0.4 is 4.74 Å². The highest BCUT2D eigenvalue weighted by atomic mass is 32.2. The number of ether oxygens (including phenoxy) is 2. The molecule has 0 aliphatic rings. The Morgan fingerprint density at radius 1 is 1.11 bits per heavy atom. The van der Waals surface area contributed by atoms with Gasteiger partial charge in [-0.25, -0.2) is 8.78 Å². The first-order valence-corrected chi connectivity index (χ1v) is 12.3. The standard InChI is InChI=1S/C26H20F2N2O3S2/c1-32-8-9-33-24-14-23-21(11-17(24)15-29)25(6-7-30-23)35-26-5-4-20(34-26)13-19(31)10-16-2-3-18(27)12-22(16)28/h2-7,11-12,14H,8-10,13H2,1H3. The van der Waals surface area contributed by atoms with E-state index in [4.69, 9.17) is 9.47 Å². The van der Waals surface area contributed by atoms with Crippen LogP contribution in [0.15, 0.2) is 63.8 Å². The fraction of sp³-hybridized carbons (Fsp3) is 0.192. The zero-order valence-electron chi connectivity index (χ0n) is 18.7. The van der Waals surface area contributed by atoms with Crippen molar-refractivity contribution >= 4 is 39.8 Å². The topological polar surface area (TPSA) is 72.2 Å². The first kappa shape index (κ1) is 24.8. The third-order valence-electron chi connectivity index (χ3n) is 5.09. The van der Waals surface area contributed by atoms with E-state index < -0.39 is 11.6 Å². The number of benzene rings is 2. The van der Waals surface area contributed by atoms with Gasteiger partial charge in [0.05, 0.1) is 21.9 Å². The minimum Gasteiger partial charge on any atom is -0.490 e. The van der Waals surface area contributed by atoms with Gasteiger partial charge >= 0.3 is 0 Å². The summed E-state index contributed by atoms with van der Waals surface area (Å²) in [5.74, 6) is -1.07. The average Bonchev–Trinajstić information content (AvgIpc) is 3.27. The van der Waals surface area contributed by atoms with Gasteiger partial charge < -0.3 is 9.47 Å². The average molecular weight is 511 g/mol. The molecule has 0 fully saturated rings. The van der Waals surface area contributed by atoms with Crippen LogP contribution in [0, 0.1) is 23.0 Å². The maximum Gasteiger partial charge on any atom is 0.142 e. The molecule has 2 aromatic carbocycles. The zero-order chi connectivity index (χ0) is 24.8. The number of thiophene rings is 1. The molecule has 0 aliphatic heterocycles. The quantitative estimate of drug-likeness (QED) is 0.245. The molecule has 9 heteroatoms. The molecule has 0 spiro atoms. The highest BCUT2D eigenvalue weighted by Gasteiger charge is 2.14. The van der Waals surface area contributed by atoms with Gasteiger partial charge in [0.15, 0.2) is 0 Å². The fourth-order valence-electron chi connectivity index (χ4n) is 3.43. The predicted molar refractivity (Wildman–Crippen MR) is 131 cm³/mol. The van der Waals surface area contributed by atoms with Crippen LogP contribution in [0.4, 0.5) is 8.78 Å². The van der Waals surface area contributed by atoms with E-state index in [0.29, 0.717) is 30.0 Å². The van der Waals surface area contributed by atoms with Crippen LogP contribution in [0.3, 0.4) is 0 Å². The van der Waals surface area contributed by atoms with Gasteiger partial charge in [0.1, 0.15) is 35.8 Å². The van der Waals surface area contributed by atoms with Crippen molar-refractivity contribution in [1.82, 2.24) is 4.98 Å².